The van der Waals surface area contributed by atoms with Crippen LogP contribution in [0.5, 0.6) is 0 Å². The second kappa shape index (κ2) is 5.48. The standard InChI is InChI=1S/C11H16BrN3O3S/c1-11(2,10(14)16)6-15-19(17,18)7-3-4-9(13)8(12)5-7/h3-5,15H,6,13H2,1-2H3,(H2,14,16). The Morgan fingerprint density at radius 2 is 2.00 bits per heavy atom. The zero-order valence-corrected chi connectivity index (χ0v) is 13.0. The highest BCUT2D eigenvalue weighted by Gasteiger charge is 2.27. The summed E-state index contributed by atoms with van der Waals surface area (Å²) in [7, 11) is -3.71. The van der Waals surface area contributed by atoms with Gasteiger partial charge in [0.1, 0.15) is 0 Å². The summed E-state index contributed by atoms with van der Waals surface area (Å²) in [6, 6.07) is 4.27. The number of halogens is 1. The molecule has 1 aromatic carbocycles. The fourth-order valence-electron chi connectivity index (χ4n) is 1.12. The number of benzene rings is 1. The maximum absolute atomic E-state index is 12.0. The van der Waals surface area contributed by atoms with Crippen molar-refractivity contribution in [3.63, 3.8) is 0 Å². The predicted octanol–water partition coefficient (Wildman–Crippen LogP) is 0.821. The normalized spacial score (nSPS) is 12.4. The highest BCUT2D eigenvalue weighted by molar-refractivity contribution is 9.10. The van der Waals surface area contributed by atoms with E-state index in [9.17, 15) is 13.2 Å². The van der Waals surface area contributed by atoms with Crippen LogP contribution >= 0.6 is 15.9 Å². The fraction of sp³-hybridized carbons (Fsp3) is 0.364. The molecular formula is C11H16BrN3O3S. The fourth-order valence-corrected chi connectivity index (χ4v) is 2.89. The minimum Gasteiger partial charge on any atom is -0.398 e. The van der Waals surface area contributed by atoms with Gasteiger partial charge in [-0.3, -0.25) is 4.79 Å². The van der Waals surface area contributed by atoms with Crippen molar-refractivity contribution < 1.29 is 13.2 Å². The van der Waals surface area contributed by atoms with Crippen LogP contribution in [0.1, 0.15) is 13.8 Å². The molecule has 1 amide bonds. The minimum atomic E-state index is -3.71. The van der Waals surface area contributed by atoms with Crippen LogP contribution in [0.3, 0.4) is 0 Å². The van der Waals surface area contributed by atoms with Crippen molar-refractivity contribution in [1.29, 1.82) is 0 Å². The van der Waals surface area contributed by atoms with Crippen molar-refractivity contribution in [2.24, 2.45) is 11.1 Å². The van der Waals surface area contributed by atoms with Crippen LogP contribution in [-0.4, -0.2) is 20.9 Å². The molecule has 8 heteroatoms. The van der Waals surface area contributed by atoms with Gasteiger partial charge in [0.15, 0.2) is 0 Å². The number of carbonyl (C=O) groups is 1. The van der Waals surface area contributed by atoms with E-state index in [1.165, 1.54) is 18.2 Å². The molecular weight excluding hydrogens is 334 g/mol. The Balaban J connectivity index is 2.93. The van der Waals surface area contributed by atoms with E-state index in [2.05, 4.69) is 20.7 Å². The monoisotopic (exact) mass is 349 g/mol. The molecule has 0 aromatic heterocycles. The number of hydrogen-bond acceptors (Lipinski definition) is 4. The lowest BCUT2D eigenvalue weighted by Gasteiger charge is -2.20. The molecule has 0 saturated carbocycles. The molecule has 0 aliphatic carbocycles. The highest BCUT2D eigenvalue weighted by atomic mass is 79.9. The Bertz CT molecular complexity index is 599. The van der Waals surface area contributed by atoms with Gasteiger partial charge in [-0.05, 0) is 48.0 Å². The Morgan fingerprint density at radius 1 is 1.42 bits per heavy atom. The van der Waals surface area contributed by atoms with Gasteiger partial charge in [-0.1, -0.05) is 0 Å². The van der Waals surface area contributed by atoms with Gasteiger partial charge in [0.05, 0.1) is 10.3 Å². The van der Waals surface area contributed by atoms with Gasteiger partial charge < -0.3 is 11.5 Å². The van der Waals surface area contributed by atoms with Crippen LogP contribution < -0.4 is 16.2 Å². The molecule has 6 nitrogen and oxygen atoms in total. The number of hydrogen-bond donors (Lipinski definition) is 3. The first-order valence-electron chi connectivity index (χ1n) is 5.41. The maximum atomic E-state index is 12.0. The predicted molar refractivity (Wildman–Crippen MR) is 76.7 cm³/mol. The number of nitrogens with one attached hydrogen (secondary N) is 1. The summed E-state index contributed by atoms with van der Waals surface area (Å²) in [6.07, 6.45) is 0. The van der Waals surface area contributed by atoms with Gasteiger partial charge in [-0.25, -0.2) is 13.1 Å². The number of anilines is 1. The van der Waals surface area contributed by atoms with Crippen LogP contribution in [-0.2, 0) is 14.8 Å². The molecule has 0 bridgehead atoms. The molecule has 0 spiro atoms. The Labute approximate surface area is 120 Å². The van der Waals surface area contributed by atoms with E-state index < -0.39 is 21.3 Å². The second-order valence-electron chi connectivity index (χ2n) is 4.76. The van der Waals surface area contributed by atoms with Crippen LogP contribution in [0.4, 0.5) is 5.69 Å². The topological polar surface area (TPSA) is 115 Å². The molecule has 106 valence electrons. The smallest absolute Gasteiger partial charge is 0.240 e. The summed E-state index contributed by atoms with van der Waals surface area (Å²) >= 11 is 3.16. The van der Waals surface area contributed by atoms with Gasteiger partial charge in [-0.2, -0.15) is 0 Å². The van der Waals surface area contributed by atoms with Crippen molar-refractivity contribution in [2.75, 3.05) is 12.3 Å². The number of carbonyl (C=O) groups excluding carboxylic acids is 1. The van der Waals surface area contributed by atoms with Crippen molar-refractivity contribution >= 4 is 37.5 Å². The lowest BCUT2D eigenvalue weighted by Crippen LogP contribution is -2.42. The Hall–Kier alpha value is -1.12. The molecule has 0 unspecified atom stereocenters. The molecule has 19 heavy (non-hydrogen) atoms. The third kappa shape index (κ3) is 3.92. The molecule has 5 N–H and O–H groups in total. The molecule has 0 radical (unpaired) electrons. The zero-order valence-electron chi connectivity index (χ0n) is 10.6. The number of amides is 1. The van der Waals surface area contributed by atoms with Crippen molar-refractivity contribution in [2.45, 2.75) is 18.7 Å². The molecule has 1 aromatic rings. The van der Waals surface area contributed by atoms with Crippen molar-refractivity contribution in [1.82, 2.24) is 4.72 Å². The van der Waals surface area contributed by atoms with E-state index in [1.54, 1.807) is 13.8 Å². The first-order valence-corrected chi connectivity index (χ1v) is 7.68. The third-order valence-corrected chi connectivity index (χ3v) is 4.74. The Morgan fingerprint density at radius 3 is 2.47 bits per heavy atom. The van der Waals surface area contributed by atoms with E-state index in [1.807, 2.05) is 0 Å². The number of primary amides is 1. The van der Waals surface area contributed by atoms with Crippen molar-refractivity contribution in [3.05, 3.63) is 22.7 Å². The Kier molecular flexibility index (Phi) is 4.59. The third-order valence-electron chi connectivity index (χ3n) is 2.65. The molecule has 0 saturated heterocycles. The van der Waals surface area contributed by atoms with Gasteiger partial charge in [0.2, 0.25) is 15.9 Å². The van der Waals surface area contributed by atoms with Crippen LogP contribution in [0.15, 0.2) is 27.6 Å². The van der Waals surface area contributed by atoms with E-state index in [0.717, 1.165) is 0 Å². The van der Waals surface area contributed by atoms with Gasteiger partial charge in [0.25, 0.3) is 0 Å². The number of nitrogens with two attached hydrogens (primary N) is 2. The lowest BCUT2D eigenvalue weighted by atomic mass is 9.93. The van der Waals surface area contributed by atoms with Gasteiger partial charge >= 0.3 is 0 Å². The first kappa shape index (κ1) is 15.9. The first-order chi connectivity index (χ1) is 8.56. The summed E-state index contributed by atoms with van der Waals surface area (Å²) in [5.74, 6) is -0.575. The van der Waals surface area contributed by atoms with Gasteiger partial charge in [-0.15, -0.1) is 0 Å². The second-order valence-corrected chi connectivity index (χ2v) is 7.38. The quantitative estimate of drug-likeness (QED) is 0.682. The SMILES string of the molecule is CC(C)(CNS(=O)(=O)c1ccc(N)c(Br)c1)C(N)=O. The summed E-state index contributed by atoms with van der Waals surface area (Å²) in [4.78, 5) is 11.2. The molecule has 0 aliphatic rings. The molecule has 0 heterocycles. The summed E-state index contributed by atoms with van der Waals surface area (Å²) < 4.78 is 26.9. The number of rotatable bonds is 5. The lowest BCUT2D eigenvalue weighted by molar-refractivity contribution is -0.125. The largest absolute Gasteiger partial charge is 0.398 e. The average molecular weight is 350 g/mol. The van der Waals surface area contributed by atoms with Crippen LogP contribution in [0, 0.1) is 5.41 Å². The van der Waals surface area contributed by atoms with E-state index in [0.29, 0.717) is 10.2 Å². The number of sulfonamides is 1. The van der Waals surface area contributed by atoms with Crippen LogP contribution in [0.2, 0.25) is 0 Å². The number of nitrogen functional groups attached to an aromatic ring is 1. The average Bonchev–Trinajstić information content (AvgIpc) is 2.30. The minimum absolute atomic E-state index is 0.0637. The van der Waals surface area contributed by atoms with E-state index in [4.69, 9.17) is 11.5 Å². The molecule has 0 aliphatic heterocycles. The zero-order chi connectivity index (χ0) is 14.8. The van der Waals surface area contributed by atoms with Crippen molar-refractivity contribution in [3.8, 4) is 0 Å². The molecule has 0 atom stereocenters. The summed E-state index contributed by atoms with van der Waals surface area (Å²) in [6.45, 7) is 3.06. The molecule has 1 rings (SSSR count). The maximum Gasteiger partial charge on any atom is 0.240 e. The summed E-state index contributed by atoms with van der Waals surface area (Å²) in [5, 5.41) is 0. The highest BCUT2D eigenvalue weighted by Crippen LogP contribution is 2.23. The van der Waals surface area contributed by atoms with E-state index >= 15 is 0 Å². The molecule has 0 fully saturated rings. The van der Waals surface area contributed by atoms with E-state index in [-0.39, 0.29) is 11.4 Å². The summed E-state index contributed by atoms with van der Waals surface area (Å²) in [5.41, 5.74) is 10.3. The van der Waals surface area contributed by atoms with Gasteiger partial charge in [0, 0.05) is 16.7 Å². The van der Waals surface area contributed by atoms with Crippen LogP contribution in [0.25, 0.3) is 0 Å².